The topological polar surface area (TPSA) is 99.3 Å². The molecule has 1 aromatic heterocycles. The Labute approximate surface area is 151 Å². The van der Waals surface area contributed by atoms with Gasteiger partial charge in [-0.1, -0.05) is 18.2 Å². The van der Waals surface area contributed by atoms with Crippen LogP contribution in [0.3, 0.4) is 0 Å². The van der Waals surface area contributed by atoms with Gasteiger partial charge in [0.15, 0.2) is 6.04 Å². The predicted molar refractivity (Wildman–Crippen MR) is 97.5 cm³/mol. The number of benzene rings is 1. The number of aliphatic carboxylic acids is 1. The number of aromatic nitrogens is 1. The van der Waals surface area contributed by atoms with Crippen molar-refractivity contribution in [2.45, 2.75) is 45.6 Å². The zero-order valence-corrected chi connectivity index (χ0v) is 14.9. The molecule has 0 aliphatic heterocycles. The van der Waals surface area contributed by atoms with Crippen LogP contribution in [0.5, 0.6) is 0 Å². The molecule has 1 heterocycles. The normalized spacial score (nSPS) is 14.4. The Kier molecular flexibility index (Phi) is 4.93. The monoisotopic (exact) mass is 354 g/mol. The maximum Gasteiger partial charge on any atom is 0.330 e. The number of fused-ring (bicyclic) bond motifs is 1. The van der Waals surface area contributed by atoms with Crippen LogP contribution in [0.15, 0.2) is 29.1 Å². The number of aryl methyl sites for hydroxylation is 3. The summed E-state index contributed by atoms with van der Waals surface area (Å²) in [5.74, 6) is -1.84. The second-order valence-electron chi connectivity index (χ2n) is 6.76. The van der Waals surface area contributed by atoms with Gasteiger partial charge in [0.2, 0.25) is 0 Å². The molecular formula is C20H22N2O4. The van der Waals surface area contributed by atoms with E-state index in [0.29, 0.717) is 5.56 Å². The van der Waals surface area contributed by atoms with Gasteiger partial charge in [-0.2, -0.15) is 0 Å². The third-order valence-electron chi connectivity index (χ3n) is 5.06. The zero-order chi connectivity index (χ0) is 18.8. The number of carbonyl (C=O) groups is 2. The highest BCUT2D eigenvalue weighted by atomic mass is 16.4. The summed E-state index contributed by atoms with van der Waals surface area (Å²) in [6.45, 7) is 3.70. The Morgan fingerprint density at radius 3 is 2.65 bits per heavy atom. The van der Waals surface area contributed by atoms with Gasteiger partial charge in [0.25, 0.3) is 11.5 Å². The SMILES string of the molecule is Cc1cccc(C(NC(=O)c2cc3c([nH]c2=O)CCCC3)C(=O)O)c1C. The molecule has 1 aliphatic carbocycles. The van der Waals surface area contributed by atoms with Crippen molar-refractivity contribution in [1.29, 1.82) is 0 Å². The highest BCUT2D eigenvalue weighted by Gasteiger charge is 2.26. The molecular weight excluding hydrogens is 332 g/mol. The molecule has 26 heavy (non-hydrogen) atoms. The standard InChI is InChI=1S/C20H22N2O4/c1-11-6-5-8-14(12(11)2)17(20(25)26)22-19(24)15-10-13-7-3-4-9-16(13)21-18(15)23/h5-6,8,10,17H,3-4,7,9H2,1-2H3,(H,21,23)(H,22,24)(H,25,26). The number of hydrogen-bond acceptors (Lipinski definition) is 3. The quantitative estimate of drug-likeness (QED) is 0.785. The third-order valence-corrected chi connectivity index (χ3v) is 5.06. The smallest absolute Gasteiger partial charge is 0.330 e. The molecule has 1 aliphatic rings. The van der Waals surface area contributed by atoms with E-state index < -0.39 is 23.5 Å². The highest BCUT2D eigenvalue weighted by Crippen LogP contribution is 2.22. The number of carboxylic acid groups (broad SMARTS) is 1. The molecule has 6 heteroatoms. The molecule has 6 nitrogen and oxygen atoms in total. The third kappa shape index (κ3) is 3.40. The molecule has 1 atom stereocenters. The molecule has 2 aromatic rings. The first kappa shape index (κ1) is 17.9. The van der Waals surface area contributed by atoms with Crippen molar-refractivity contribution >= 4 is 11.9 Å². The molecule has 0 bridgehead atoms. The van der Waals surface area contributed by atoms with Crippen LogP contribution in [-0.2, 0) is 17.6 Å². The van der Waals surface area contributed by atoms with Crippen molar-refractivity contribution in [2.75, 3.05) is 0 Å². The van der Waals surface area contributed by atoms with E-state index in [4.69, 9.17) is 0 Å². The molecule has 1 amide bonds. The Morgan fingerprint density at radius 1 is 1.19 bits per heavy atom. The van der Waals surface area contributed by atoms with E-state index in [2.05, 4.69) is 10.3 Å². The summed E-state index contributed by atoms with van der Waals surface area (Å²) in [6, 6.07) is 5.71. The molecule has 0 spiro atoms. The molecule has 3 rings (SSSR count). The van der Waals surface area contributed by atoms with Crippen molar-refractivity contribution in [3.05, 3.63) is 68.1 Å². The number of aromatic amines is 1. The second-order valence-corrected chi connectivity index (χ2v) is 6.76. The highest BCUT2D eigenvalue weighted by molar-refractivity contribution is 5.96. The van der Waals surface area contributed by atoms with E-state index in [-0.39, 0.29) is 5.56 Å². The van der Waals surface area contributed by atoms with E-state index in [1.807, 2.05) is 19.9 Å². The fourth-order valence-corrected chi connectivity index (χ4v) is 3.41. The van der Waals surface area contributed by atoms with Crippen molar-refractivity contribution in [3.63, 3.8) is 0 Å². The Morgan fingerprint density at radius 2 is 1.92 bits per heavy atom. The largest absolute Gasteiger partial charge is 0.479 e. The summed E-state index contributed by atoms with van der Waals surface area (Å²) in [4.78, 5) is 39.4. The minimum absolute atomic E-state index is 0.0396. The van der Waals surface area contributed by atoms with Crippen molar-refractivity contribution in [2.24, 2.45) is 0 Å². The summed E-state index contributed by atoms with van der Waals surface area (Å²) < 4.78 is 0. The molecule has 0 fully saturated rings. The lowest BCUT2D eigenvalue weighted by Crippen LogP contribution is -2.37. The van der Waals surface area contributed by atoms with Gasteiger partial charge in [0.1, 0.15) is 5.56 Å². The van der Waals surface area contributed by atoms with Crippen molar-refractivity contribution in [3.8, 4) is 0 Å². The van der Waals surface area contributed by atoms with Crippen LogP contribution < -0.4 is 10.9 Å². The van der Waals surface area contributed by atoms with Gasteiger partial charge >= 0.3 is 5.97 Å². The van der Waals surface area contributed by atoms with Crippen molar-refractivity contribution in [1.82, 2.24) is 10.3 Å². The molecule has 1 aromatic carbocycles. The molecule has 0 saturated carbocycles. The first-order valence-corrected chi connectivity index (χ1v) is 8.73. The van der Waals surface area contributed by atoms with E-state index in [9.17, 15) is 19.5 Å². The molecule has 1 unspecified atom stereocenters. The zero-order valence-electron chi connectivity index (χ0n) is 14.9. The lowest BCUT2D eigenvalue weighted by atomic mass is 9.94. The maximum absolute atomic E-state index is 12.6. The predicted octanol–water partition coefficient (Wildman–Crippen LogP) is 2.43. The lowest BCUT2D eigenvalue weighted by Gasteiger charge is -2.19. The maximum atomic E-state index is 12.6. The number of pyridine rings is 1. The number of nitrogens with one attached hydrogen (secondary N) is 2. The van der Waals surface area contributed by atoms with Gasteiger partial charge in [-0.3, -0.25) is 9.59 Å². The number of amides is 1. The fourth-order valence-electron chi connectivity index (χ4n) is 3.41. The number of rotatable bonds is 4. The van der Waals surface area contributed by atoms with Crippen LogP contribution in [0.4, 0.5) is 0 Å². The van der Waals surface area contributed by atoms with Gasteiger partial charge in [-0.15, -0.1) is 0 Å². The number of hydrogen-bond donors (Lipinski definition) is 3. The first-order chi connectivity index (χ1) is 12.4. The number of carbonyl (C=O) groups excluding carboxylic acids is 1. The summed E-state index contributed by atoms with van der Waals surface area (Å²) in [7, 11) is 0. The summed E-state index contributed by atoms with van der Waals surface area (Å²) in [6.07, 6.45) is 3.64. The molecule has 3 N–H and O–H groups in total. The minimum Gasteiger partial charge on any atom is -0.479 e. The minimum atomic E-state index is -1.21. The van der Waals surface area contributed by atoms with E-state index in [1.165, 1.54) is 0 Å². The Hall–Kier alpha value is -2.89. The van der Waals surface area contributed by atoms with Crippen molar-refractivity contribution < 1.29 is 14.7 Å². The molecule has 0 saturated heterocycles. The van der Waals surface area contributed by atoms with Crippen LogP contribution in [0.1, 0.15) is 57.2 Å². The van der Waals surface area contributed by atoms with Gasteiger partial charge in [-0.05, 0) is 67.9 Å². The summed E-state index contributed by atoms with van der Waals surface area (Å²) >= 11 is 0. The number of carboxylic acids is 1. The summed E-state index contributed by atoms with van der Waals surface area (Å²) in [5.41, 5.74) is 3.58. The molecule has 0 radical (unpaired) electrons. The number of H-pyrrole nitrogens is 1. The van der Waals surface area contributed by atoms with Gasteiger partial charge < -0.3 is 15.4 Å². The average Bonchev–Trinajstić information content (AvgIpc) is 2.61. The first-order valence-electron chi connectivity index (χ1n) is 8.73. The van der Waals surface area contributed by atoms with Crippen LogP contribution in [0, 0.1) is 13.8 Å². The van der Waals surface area contributed by atoms with Gasteiger partial charge in [0, 0.05) is 5.69 Å². The second kappa shape index (κ2) is 7.15. The van der Waals surface area contributed by atoms with Gasteiger partial charge in [-0.25, -0.2) is 4.79 Å². The van der Waals surface area contributed by atoms with Crippen LogP contribution in [-0.4, -0.2) is 22.0 Å². The van der Waals surface area contributed by atoms with Crippen LogP contribution in [0.2, 0.25) is 0 Å². The van der Waals surface area contributed by atoms with E-state index in [0.717, 1.165) is 48.1 Å². The fraction of sp³-hybridized carbons (Fsp3) is 0.350. The van der Waals surface area contributed by atoms with E-state index in [1.54, 1.807) is 18.2 Å². The lowest BCUT2D eigenvalue weighted by molar-refractivity contribution is -0.139. The average molecular weight is 354 g/mol. The summed E-state index contributed by atoms with van der Waals surface area (Å²) in [5, 5.41) is 12.1. The Bertz CT molecular complexity index is 930. The van der Waals surface area contributed by atoms with Crippen LogP contribution in [0.25, 0.3) is 0 Å². The van der Waals surface area contributed by atoms with Crippen LogP contribution >= 0.6 is 0 Å². The van der Waals surface area contributed by atoms with E-state index >= 15 is 0 Å². The Balaban J connectivity index is 1.93. The molecule has 136 valence electrons. The van der Waals surface area contributed by atoms with Gasteiger partial charge in [0.05, 0.1) is 0 Å².